The van der Waals surface area contributed by atoms with Gasteiger partial charge in [0.2, 0.25) is 0 Å². The second-order valence-corrected chi connectivity index (χ2v) is 14.0. The van der Waals surface area contributed by atoms with Gasteiger partial charge in [-0.15, -0.1) is 0 Å². The molecular weight excluding hydrogens is 697 g/mol. The van der Waals surface area contributed by atoms with Crippen molar-refractivity contribution in [1.29, 1.82) is 15.8 Å². The van der Waals surface area contributed by atoms with E-state index in [-0.39, 0.29) is 16.7 Å². The third kappa shape index (κ3) is 5.39. The van der Waals surface area contributed by atoms with Crippen LogP contribution in [0.3, 0.4) is 0 Å². The average Bonchev–Trinajstić information content (AvgIpc) is 4.03. The molecule has 10 aromatic rings. The van der Waals surface area contributed by atoms with Crippen molar-refractivity contribution in [2.75, 3.05) is 0 Å². The second-order valence-electron chi connectivity index (χ2n) is 14.0. The Morgan fingerprint density at radius 3 is 0.825 bits per heavy atom. The largest absolute Gasteiger partial charge is 0.317 e. The van der Waals surface area contributed by atoms with Crippen LogP contribution in [0, 0.1) is 34.0 Å². The lowest BCUT2D eigenvalue weighted by Crippen LogP contribution is -2.03. The Morgan fingerprint density at radius 1 is 0.298 bits per heavy atom. The van der Waals surface area contributed by atoms with Crippen LogP contribution in [-0.2, 0) is 0 Å². The van der Waals surface area contributed by atoms with Crippen molar-refractivity contribution in [1.82, 2.24) is 13.7 Å². The Balaban J connectivity index is 1.17. The van der Waals surface area contributed by atoms with Gasteiger partial charge in [-0.1, -0.05) is 91.0 Å². The molecule has 0 aliphatic heterocycles. The van der Waals surface area contributed by atoms with Gasteiger partial charge in [0.15, 0.2) is 0 Å². The molecule has 0 N–H and O–H groups in total. The molecule has 57 heavy (non-hydrogen) atoms. The molecule has 6 nitrogen and oxygen atoms in total. The molecular formula is C51H30N6. The summed E-state index contributed by atoms with van der Waals surface area (Å²) in [6.07, 6.45) is 6.12. The fourth-order valence-electron chi connectivity index (χ4n) is 8.24. The van der Waals surface area contributed by atoms with Gasteiger partial charge < -0.3 is 13.7 Å². The van der Waals surface area contributed by atoms with Crippen LogP contribution in [-0.4, -0.2) is 13.7 Å². The molecule has 0 aliphatic rings. The molecule has 0 fully saturated rings. The third-order valence-electron chi connectivity index (χ3n) is 10.9. The first-order valence-corrected chi connectivity index (χ1v) is 18.6. The van der Waals surface area contributed by atoms with Gasteiger partial charge in [-0.2, -0.15) is 15.8 Å². The van der Waals surface area contributed by atoms with E-state index in [4.69, 9.17) is 0 Å². The molecule has 6 heteroatoms. The van der Waals surface area contributed by atoms with Gasteiger partial charge in [0.25, 0.3) is 0 Å². The number of benzene rings is 7. The minimum absolute atomic E-state index is 0.278. The predicted octanol–water partition coefficient (Wildman–Crippen LogP) is 12.1. The van der Waals surface area contributed by atoms with E-state index in [1.165, 1.54) is 0 Å². The van der Waals surface area contributed by atoms with Crippen LogP contribution >= 0.6 is 0 Å². The maximum absolute atomic E-state index is 11.0. The Bertz CT molecular complexity index is 2920. The highest BCUT2D eigenvalue weighted by molar-refractivity contribution is 5.98. The fraction of sp³-hybridized carbons (Fsp3) is 0. The highest BCUT2D eigenvalue weighted by Crippen LogP contribution is 2.45. The van der Waals surface area contributed by atoms with Crippen molar-refractivity contribution < 1.29 is 0 Å². The highest BCUT2D eigenvalue weighted by Gasteiger charge is 2.27. The van der Waals surface area contributed by atoms with Crippen molar-refractivity contribution in [3.63, 3.8) is 0 Å². The van der Waals surface area contributed by atoms with E-state index in [1.54, 1.807) is 0 Å². The van der Waals surface area contributed by atoms with E-state index in [2.05, 4.69) is 86.5 Å². The standard InChI is InChI=1S/C51H30N6/c52-31-43-49(37-13-19-40(20-14-37)55-28-25-34-7-1-4-10-46(34)55)44(32-53)51(39-17-23-42(24-18-39)57-30-27-36-9-3-6-12-48(36)57)45(33-54)50(43)38-15-21-41(22-16-38)56-29-26-35-8-2-5-11-47(35)56/h1-30H. The van der Waals surface area contributed by atoms with E-state index in [1.807, 2.05) is 128 Å². The molecule has 0 atom stereocenters. The SMILES string of the molecule is N#Cc1c(-c2ccc(-n3ccc4ccccc43)cc2)c(C#N)c(-c2ccc(-n3ccc4ccccc43)cc2)c(C#N)c1-c1ccc(-n2ccc3ccccc32)cc1. The number of nitrogens with zero attached hydrogens (tertiary/aromatic N) is 6. The maximum atomic E-state index is 11.0. The summed E-state index contributed by atoms with van der Waals surface area (Å²) in [5.74, 6) is 0. The van der Waals surface area contributed by atoms with Gasteiger partial charge in [0, 0.05) is 52.3 Å². The number of hydrogen-bond acceptors (Lipinski definition) is 3. The number of aromatic nitrogens is 3. The minimum Gasteiger partial charge on any atom is -0.317 e. The van der Waals surface area contributed by atoms with Crippen LogP contribution in [0.4, 0.5) is 0 Å². The summed E-state index contributed by atoms with van der Waals surface area (Å²) < 4.78 is 6.36. The van der Waals surface area contributed by atoms with E-state index >= 15 is 0 Å². The smallest absolute Gasteiger partial charge is 0.101 e. The first-order chi connectivity index (χ1) is 28.1. The van der Waals surface area contributed by atoms with Crippen molar-refractivity contribution in [2.24, 2.45) is 0 Å². The lowest BCUT2D eigenvalue weighted by Gasteiger charge is -2.20. The monoisotopic (exact) mass is 726 g/mol. The first-order valence-electron chi connectivity index (χ1n) is 18.6. The molecule has 0 bridgehead atoms. The van der Waals surface area contributed by atoms with E-state index < -0.39 is 0 Å². The lowest BCUT2D eigenvalue weighted by atomic mass is 9.80. The summed E-state index contributed by atoms with van der Waals surface area (Å²) in [4.78, 5) is 0. The molecule has 264 valence electrons. The normalized spacial score (nSPS) is 11.1. The van der Waals surface area contributed by atoms with Gasteiger partial charge >= 0.3 is 0 Å². The van der Waals surface area contributed by atoms with E-state index in [0.717, 1.165) is 49.8 Å². The van der Waals surface area contributed by atoms with Gasteiger partial charge in [0.05, 0.1) is 33.2 Å². The quantitative estimate of drug-likeness (QED) is 0.171. The fourth-order valence-corrected chi connectivity index (χ4v) is 8.24. The summed E-state index contributed by atoms with van der Waals surface area (Å²) in [5, 5.41) is 36.5. The molecule has 10 rings (SSSR count). The van der Waals surface area contributed by atoms with Gasteiger partial charge in [0.1, 0.15) is 18.2 Å². The Hall–Kier alpha value is -8.37. The van der Waals surface area contributed by atoms with E-state index in [9.17, 15) is 15.8 Å². The second kappa shape index (κ2) is 13.5. The van der Waals surface area contributed by atoms with Gasteiger partial charge in [-0.25, -0.2) is 0 Å². The minimum atomic E-state index is 0.278. The van der Waals surface area contributed by atoms with Crippen molar-refractivity contribution in [3.8, 4) is 68.7 Å². The molecule has 0 amide bonds. The molecule has 0 unspecified atom stereocenters. The number of fused-ring (bicyclic) bond motifs is 3. The Labute approximate surface area is 328 Å². The van der Waals surface area contributed by atoms with Crippen LogP contribution in [0.1, 0.15) is 16.7 Å². The van der Waals surface area contributed by atoms with Crippen molar-refractivity contribution in [2.45, 2.75) is 0 Å². The predicted molar refractivity (Wildman–Crippen MR) is 227 cm³/mol. The van der Waals surface area contributed by atoms with Gasteiger partial charge in [-0.05, 0) is 106 Å². The number of rotatable bonds is 6. The maximum Gasteiger partial charge on any atom is 0.101 e. The molecule has 0 saturated heterocycles. The molecule has 0 aliphatic carbocycles. The van der Waals surface area contributed by atoms with Crippen LogP contribution in [0.2, 0.25) is 0 Å². The summed E-state index contributed by atoms with van der Waals surface area (Å²) in [6.45, 7) is 0. The zero-order valence-electron chi connectivity index (χ0n) is 30.5. The Morgan fingerprint density at radius 2 is 0.561 bits per heavy atom. The van der Waals surface area contributed by atoms with Crippen molar-refractivity contribution in [3.05, 3.63) is 199 Å². The van der Waals surface area contributed by atoms with Crippen LogP contribution in [0.25, 0.3) is 83.2 Å². The highest BCUT2D eigenvalue weighted by atomic mass is 15.0. The summed E-state index contributed by atoms with van der Waals surface area (Å²) >= 11 is 0. The number of para-hydroxylation sites is 3. The van der Waals surface area contributed by atoms with Crippen molar-refractivity contribution >= 4 is 32.7 Å². The lowest BCUT2D eigenvalue weighted by molar-refractivity contribution is 1.13. The van der Waals surface area contributed by atoms with Crippen LogP contribution < -0.4 is 0 Å². The molecule has 7 aromatic carbocycles. The third-order valence-corrected chi connectivity index (χ3v) is 10.9. The van der Waals surface area contributed by atoms with Gasteiger partial charge in [-0.3, -0.25) is 0 Å². The number of hydrogen-bond donors (Lipinski definition) is 0. The first kappa shape index (κ1) is 33.2. The summed E-state index contributed by atoms with van der Waals surface area (Å²) in [7, 11) is 0. The van der Waals surface area contributed by atoms with Crippen LogP contribution in [0.15, 0.2) is 182 Å². The number of nitriles is 3. The molecule has 0 radical (unpaired) electrons. The summed E-state index contributed by atoms with van der Waals surface area (Å²) in [6, 6.07) is 62.0. The zero-order chi connectivity index (χ0) is 38.5. The molecule has 0 spiro atoms. The van der Waals surface area contributed by atoms with Crippen LogP contribution in [0.5, 0.6) is 0 Å². The molecule has 3 aromatic heterocycles. The topological polar surface area (TPSA) is 86.2 Å². The molecule has 3 heterocycles. The zero-order valence-corrected chi connectivity index (χ0v) is 30.5. The molecule has 0 saturated carbocycles. The average molecular weight is 727 g/mol. The van der Waals surface area contributed by atoms with E-state index in [0.29, 0.717) is 33.4 Å². The Kier molecular flexibility index (Phi) is 7.86. The summed E-state index contributed by atoms with van der Waals surface area (Å²) in [5.41, 5.74) is 10.5.